The molecule has 1 saturated heterocycles. The summed E-state index contributed by atoms with van der Waals surface area (Å²) in [4.78, 5) is 14.3. The zero-order valence-electron chi connectivity index (χ0n) is 12.1. The van der Waals surface area contributed by atoms with Gasteiger partial charge >= 0.3 is 0 Å². The molecule has 0 N–H and O–H groups in total. The highest BCUT2D eigenvalue weighted by atomic mass is 16.5. The van der Waals surface area contributed by atoms with Gasteiger partial charge in [-0.25, -0.2) is 4.68 Å². The largest absolute Gasteiger partial charge is 0.372 e. The molecule has 21 heavy (non-hydrogen) atoms. The molecule has 0 bridgehead atoms. The van der Waals surface area contributed by atoms with E-state index < -0.39 is 0 Å². The van der Waals surface area contributed by atoms with Gasteiger partial charge in [0.15, 0.2) is 5.69 Å². The topological polar surface area (TPSA) is 60.2 Å². The standard InChI is InChI=1S/C15H18N4O2/c1-11-8-18(9-12(2)21-11)15(20)14-10-19(17-16-14)13-6-4-3-5-7-13/h3-7,10-12H,8-9H2,1-2H3. The Morgan fingerprint density at radius 2 is 1.86 bits per heavy atom. The molecule has 2 heterocycles. The molecule has 1 aromatic heterocycles. The molecule has 2 atom stereocenters. The molecule has 0 aliphatic carbocycles. The van der Waals surface area contributed by atoms with Crippen LogP contribution in [0, 0.1) is 0 Å². The monoisotopic (exact) mass is 286 g/mol. The molecule has 0 radical (unpaired) electrons. The van der Waals surface area contributed by atoms with Crippen molar-refractivity contribution >= 4 is 5.91 Å². The van der Waals surface area contributed by atoms with Crippen LogP contribution in [-0.4, -0.2) is 51.1 Å². The van der Waals surface area contributed by atoms with Crippen molar-refractivity contribution in [1.29, 1.82) is 0 Å². The van der Waals surface area contributed by atoms with E-state index in [9.17, 15) is 4.79 Å². The lowest BCUT2D eigenvalue weighted by molar-refractivity contribution is -0.0587. The Balaban J connectivity index is 1.78. The number of ether oxygens (including phenoxy) is 1. The molecule has 2 unspecified atom stereocenters. The first-order valence-corrected chi connectivity index (χ1v) is 7.06. The van der Waals surface area contributed by atoms with E-state index >= 15 is 0 Å². The molecule has 1 amide bonds. The van der Waals surface area contributed by atoms with E-state index in [4.69, 9.17) is 4.74 Å². The van der Waals surface area contributed by atoms with Gasteiger partial charge in [0.05, 0.1) is 24.1 Å². The number of para-hydroxylation sites is 1. The number of carbonyl (C=O) groups excluding carboxylic acids is 1. The highest BCUT2D eigenvalue weighted by Gasteiger charge is 2.28. The average molecular weight is 286 g/mol. The molecule has 3 rings (SSSR count). The number of morpholine rings is 1. The van der Waals surface area contributed by atoms with E-state index in [2.05, 4.69) is 10.3 Å². The first-order valence-electron chi connectivity index (χ1n) is 7.06. The highest BCUT2D eigenvalue weighted by Crippen LogP contribution is 2.14. The van der Waals surface area contributed by atoms with Gasteiger partial charge in [-0.05, 0) is 26.0 Å². The Morgan fingerprint density at radius 1 is 1.19 bits per heavy atom. The molecule has 110 valence electrons. The van der Waals surface area contributed by atoms with E-state index in [0.717, 1.165) is 5.69 Å². The molecule has 1 aliphatic heterocycles. The second-order valence-electron chi connectivity index (χ2n) is 5.35. The fourth-order valence-corrected chi connectivity index (χ4v) is 2.57. The Hall–Kier alpha value is -2.21. The van der Waals surface area contributed by atoms with Crippen molar-refractivity contribution < 1.29 is 9.53 Å². The maximum atomic E-state index is 12.5. The van der Waals surface area contributed by atoms with Crippen molar-refractivity contribution in [3.63, 3.8) is 0 Å². The second-order valence-corrected chi connectivity index (χ2v) is 5.35. The predicted octanol–water partition coefficient (Wildman–Crippen LogP) is 1.52. The number of hydrogen-bond donors (Lipinski definition) is 0. The number of benzene rings is 1. The van der Waals surface area contributed by atoms with Crippen LogP contribution in [0.15, 0.2) is 36.5 Å². The van der Waals surface area contributed by atoms with Gasteiger partial charge in [-0.2, -0.15) is 0 Å². The fourth-order valence-electron chi connectivity index (χ4n) is 2.57. The maximum Gasteiger partial charge on any atom is 0.276 e. The van der Waals surface area contributed by atoms with Gasteiger partial charge in [-0.1, -0.05) is 23.4 Å². The van der Waals surface area contributed by atoms with Gasteiger partial charge in [-0.15, -0.1) is 5.10 Å². The number of hydrogen-bond acceptors (Lipinski definition) is 4. The van der Waals surface area contributed by atoms with Gasteiger partial charge in [0.1, 0.15) is 0 Å². The van der Waals surface area contributed by atoms with E-state index in [0.29, 0.717) is 18.8 Å². The van der Waals surface area contributed by atoms with E-state index in [1.54, 1.807) is 15.8 Å². The summed E-state index contributed by atoms with van der Waals surface area (Å²) in [5.41, 5.74) is 1.24. The Labute approximate surface area is 123 Å². The van der Waals surface area contributed by atoms with Crippen LogP contribution < -0.4 is 0 Å². The molecule has 6 nitrogen and oxygen atoms in total. The fraction of sp³-hybridized carbons (Fsp3) is 0.400. The van der Waals surface area contributed by atoms with E-state index in [1.165, 1.54) is 0 Å². The van der Waals surface area contributed by atoms with Crippen molar-refractivity contribution in [1.82, 2.24) is 19.9 Å². The third-order valence-electron chi connectivity index (χ3n) is 3.44. The van der Waals surface area contributed by atoms with Gasteiger partial charge < -0.3 is 9.64 Å². The maximum absolute atomic E-state index is 12.5. The van der Waals surface area contributed by atoms with Crippen LogP contribution in [0.25, 0.3) is 5.69 Å². The number of nitrogens with zero attached hydrogens (tertiary/aromatic N) is 4. The molecule has 0 saturated carbocycles. The summed E-state index contributed by atoms with van der Waals surface area (Å²) in [6.07, 6.45) is 1.76. The lowest BCUT2D eigenvalue weighted by Gasteiger charge is -2.34. The highest BCUT2D eigenvalue weighted by molar-refractivity contribution is 5.92. The van der Waals surface area contributed by atoms with Crippen LogP contribution in [0.4, 0.5) is 0 Å². The molecule has 1 aliphatic rings. The van der Waals surface area contributed by atoms with Crippen molar-refractivity contribution in [2.24, 2.45) is 0 Å². The van der Waals surface area contributed by atoms with Crippen molar-refractivity contribution in [3.8, 4) is 5.69 Å². The van der Waals surface area contributed by atoms with Crippen LogP contribution in [-0.2, 0) is 4.74 Å². The molecule has 6 heteroatoms. The average Bonchev–Trinajstić information content (AvgIpc) is 2.96. The van der Waals surface area contributed by atoms with E-state index in [1.807, 2.05) is 44.2 Å². The van der Waals surface area contributed by atoms with Crippen LogP contribution in [0.3, 0.4) is 0 Å². The second kappa shape index (κ2) is 5.65. The minimum absolute atomic E-state index is 0.0434. The van der Waals surface area contributed by atoms with Crippen LogP contribution in [0.5, 0.6) is 0 Å². The van der Waals surface area contributed by atoms with Gasteiger partial charge in [0.25, 0.3) is 5.91 Å². The number of rotatable bonds is 2. The van der Waals surface area contributed by atoms with Crippen molar-refractivity contribution in [3.05, 3.63) is 42.2 Å². The normalized spacial score (nSPS) is 22.3. The predicted molar refractivity (Wildman–Crippen MR) is 77.3 cm³/mol. The summed E-state index contributed by atoms with van der Waals surface area (Å²) < 4.78 is 7.25. The van der Waals surface area contributed by atoms with E-state index in [-0.39, 0.29) is 18.1 Å². The molecule has 1 fully saturated rings. The number of carbonyl (C=O) groups is 1. The summed E-state index contributed by atoms with van der Waals surface area (Å²) >= 11 is 0. The number of amides is 1. The summed E-state index contributed by atoms with van der Waals surface area (Å²) in [6, 6.07) is 9.61. The molecule has 1 aromatic carbocycles. The first kappa shape index (κ1) is 13.8. The van der Waals surface area contributed by atoms with Crippen LogP contribution in [0.2, 0.25) is 0 Å². The zero-order valence-corrected chi connectivity index (χ0v) is 12.1. The molecular weight excluding hydrogens is 268 g/mol. The zero-order chi connectivity index (χ0) is 14.8. The van der Waals surface area contributed by atoms with Gasteiger partial charge in [-0.3, -0.25) is 4.79 Å². The Morgan fingerprint density at radius 3 is 2.52 bits per heavy atom. The van der Waals surface area contributed by atoms with Crippen molar-refractivity contribution in [2.75, 3.05) is 13.1 Å². The number of aromatic nitrogens is 3. The molecule has 2 aromatic rings. The smallest absolute Gasteiger partial charge is 0.276 e. The SMILES string of the molecule is CC1CN(C(=O)c2cn(-c3ccccc3)nn2)CC(C)O1. The summed E-state index contributed by atoms with van der Waals surface area (Å²) in [6.45, 7) is 5.11. The third kappa shape index (κ3) is 2.95. The molecule has 0 spiro atoms. The minimum Gasteiger partial charge on any atom is -0.372 e. The van der Waals surface area contributed by atoms with Crippen molar-refractivity contribution in [2.45, 2.75) is 26.1 Å². The first-order chi connectivity index (χ1) is 10.1. The van der Waals surface area contributed by atoms with Gasteiger partial charge in [0, 0.05) is 13.1 Å². The lowest BCUT2D eigenvalue weighted by Crippen LogP contribution is -2.48. The Bertz CT molecular complexity index is 616. The molecular formula is C15H18N4O2. The lowest BCUT2D eigenvalue weighted by atomic mass is 10.2. The summed E-state index contributed by atoms with van der Waals surface area (Å²) in [5.74, 6) is -0.0980. The third-order valence-corrected chi connectivity index (χ3v) is 3.44. The van der Waals surface area contributed by atoms with Gasteiger partial charge in [0.2, 0.25) is 0 Å². The summed E-state index contributed by atoms with van der Waals surface area (Å²) in [5, 5.41) is 8.03. The van der Waals surface area contributed by atoms with Crippen LogP contribution in [0.1, 0.15) is 24.3 Å². The summed E-state index contributed by atoms with van der Waals surface area (Å²) in [7, 11) is 0. The quantitative estimate of drug-likeness (QED) is 0.839. The Kier molecular flexibility index (Phi) is 3.70. The minimum atomic E-state index is -0.0980. The van der Waals surface area contributed by atoms with Crippen LogP contribution >= 0.6 is 0 Å².